The fraction of sp³-hybridized carbons (Fsp3) is 0.333. The van der Waals surface area contributed by atoms with E-state index in [-0.39, 0.29) is 5.91 Å². The van der Waals surface area contributed by atoms with Gasteiger partial charge in [0.2, 0.25) is 5.91 Å². The molecule has 2 aromatic carbocycles. The van der Waals surface area contributed by atoms with Crippen LogP contribution in [-0.4, -0.2) is 42.9 Å². The van der Waals surface area contributed by atoms with Gasteiger partial charge < -0.3 is 9.80 Å². The Bertz CT molecular complexity index is 762. The van der Waals surface area contributed by atoms with E-state index in [9.17, 15) is 4.79 Å². The molecule has 0 spiro atoms. The predicted molar refractivity (Wildman–Crippen MR) is 100 cm³/mol. The van der Waals surface area contributed by atoms with E-state index >= 15 is 0 Å². The second-order valence-corrected chi connectivity index (χ2v) is 6.60. The second kappa shape index (κ2) is 9.00. The first-order valence-corrected chi connectivity index (χ1v) is 8.45. The van der Waals surface area contributed by atoms with Gasteiger partial charge in [0, 0.05) is 19.6 Å². The molecule has 0 N–H and O–H groups in total. The zero-order valence-corrected chi connectivity index (χ0v) is 15.2. The molecule has 130 valence electrons. The Morgan fingerprint density at radius 2 is 1.76 bits per heavy atom. The van der Waals surface area contributed by atoms with E-state index in [1.54, 1.807) is 6.07 Å². The number of likely N-dealkylation sites (N-methyl/N-ethyl adjacent to an activating group) is 1. The highest BCUT2D eigenvalue weighted by Crippen LogP contribution is 2.11. The fourth-order valence-electron chi connectivity index (χ4n) is 2.68. The van der Waals surface area contributed by atoms with Gasteiger partial charge in [0.1, 0.15) is 0 Å². The summed E-state index contributed by atoms with van der Waals surface area (Å²) in [5.74, 6) is 0.106. The molecule has 0 heterocycles. The molecular weight excluding hydrogens is 310 g/mol. The molecule has 0 saturated carbocycles. The Labute approximate surface area is 150 Å². The van der Waals surface area contributed by atoms with Crippen LogP contribution in [0.3, 0.4) is 0 Å². The third kappa shape index (κ3) is 6.06. The third-order valence-electron chi connectivity index (χ3n) is 4.04. The third-order valence-corrected chi connectivity index (χ3v) is 4.04. The van der Waals surface area contributed by atoms with Crippen LogP contribution in [0.15, 0.2) is 48.5 Å². The Morgan fingerprint density at radius 3 is 2.44 bits per heavy atom. The monoisotopic (exact) mass is 335 g/mol. The molecule has 0 aliphatic heterocycles. The summed E-state index contributed by atoms with van der Waals surface area (Å²) in [6.45, 7) is 4.02. The largest absolute Gasteiger partial charge is 0.337 e. The van der Waals surface area contributed by atoms with Gasteiger partial charge in [-0.15, -0.1) is 0 Å². The molecular formula is C21H25N3O. The van der Waals surface area contributed by atoms with E-state index in [0.29, 0.717) is 25.1 Å². The maximum Gasteiger partial charge on any atom is 0.227 e. The Morgan fingerprint density at radius 1 is 1.04 bits per heavy atom. The highest BCUT2D eigenvalue weighted by Gasteiger charge is 2.15. The van der Waals surface area contributed by atoms with Crippen molar-refractivity contribution in [2.24, 2.45) is 0 Å². The average Bonchev–Trinajstić information content (AvgIpc) is 2.58. The number of nitrogens with zero attached hydrogens (tertiary/aromatic N) is 3. The number of carbonyl (C=O) groups excluding carboxylic acids is 1. The van der Waals surface area contributed by atoms with Crippen molar-refractivity contribution in [1.29, 1.82) is 5.26 Å². The number of nitriles is 1. The minimum Gasteiger partial charge on any atom is -0.337 e. The summed E-state index contributed by atoms with van der Waals surface area (Å²) in [4.78, 5) is 16.8. The SMILES string of the molecule is Cc1cccc(CC(=O)N(CCN(C)C)Cc2cccc(C#N)c2)c1. The number of hydrogen-bond acceptors (Lipinski definition) is 3. The van der Waals surface area contributed by atoms with Crippen LogP contribution in [0.25, 0.3) is 0 Å². The van der Waals surface area contributed by atoms with E-state index in [4.69, 9.17) is 5.26 Å². The van der Waals surface area contributed by atoms with Gasteiger partial charge in [0.05, 0.1) is 18.1 Å². The molecule has 0 radical (unpaired) electrons. The van der Waals surface area contributed by atoms with Gasteiger partial charge in [-0.25, -0.2) is 0 Å². The van der Waals surface area contributed by atoms with Crippen LogP contribution >= 0.6 is 0 Å². The van der Waals surface area contributed by atoms with Crippen molar-refractivity contribution in [3.63, 3.8) is 0 Å². The van der Waals surface area contributed by atoms with Gasteiger partial charge in [-0.1, -0.05) is 42.0 Å². The number of benzene rings is 2. The van der Waals surface area contributed by atoms with Crippen LogP contribution in [0.5, 0.6) is 0 Å². The number of hydrogen-bond donors (Lipinski definition) is 0. The molecule has 0 aromatic heterocycles. The quantitative estimate of drug-likeness (QED) is 0.781. The maximum absolute atomic E-state index is 12.8. The molecule has 0 aliphatic rings. The summed E-state index contributed by atoms with van der Waals surface area (Å²) in [7, 11) is 4.00. The highest BCUT2D eigenvalue weighted by atomic mass is 16.2. The Kier molecular flexibility index (Phi) is 6.73. The first-order chi connectivity index (χ1) is 12.0. The summed E-state index contributed by atoms with van der Waals surface area (Å²) in [5, 5.41) is 9.07. The molecule has 0 bridgehead atoms. The molecule has 4 nitrogen and oxygen atoms in total. The van der Waals surface area contributed by atoms with Crippen LogP contribution < -0.4 is 0 Å². The van der Waals surface area contributed by atoms with Crippen molar-refractivity contribution in [1.82, 2.24) is 9.80 Å². The lowest BCUT2D eigenvalue weighted by Crippen LogP contribution is -2.37. The minimum atomic E-state index is 0.106. The van der Waals surface area contributed by atoms with E-state index in [0.717, 1.165) is 23.2 Å². The van der Waals surface area contributed by atoms with Gasteiger partial charge in [-0.3, -0.25) is 4.79 Å². The van der Waals surface area contributed by atoms with E-state index in [1.165, 1.54) is 0 Å². The second-order valence-electron chi connectivity index (χ2n) is 6.60. The number of amides is 1. The van der Waals surface area contributed by atoms with E-state index < -0.39 is 0 Å². The molecule has 0 unspecified atom stereocenters. The standard InChI is InChI=1S/C21H25N3O/c1-17-6-4-7-18(12-17)14-21(25)24(11-10-23(2)3)16-20-9-5-8-19(13-20)15-22/h4-9,12-13H,10-11,14,16H2,1-3H3. The smallest absolute Gasteiger partial charge is 0.227 e. The lowest BCUT2D eigenvalue weighted by molar-refractivity contribution is -0.131. The fourth-order valence-corrected chi connectivity index (χ4v) is 2.68. The minimum absolute atomic E-state index is 0.106. The zero-order chi connectivity index (χ0) is 18.2. The molecule has 0 atom stereocenters. The van der Waals surface area contributed by atoms with Crippen molar-refractivity contribution in [2.75, 3.05) is 27.2 Å². The van der Waals surface area contributed by atoms with Gasteiger partial charge in [-0.2, -0.15) is 5.26 Å². The van der Waals surface area contributed by atoms with Crippen LogP contribution in [-0.2, 0) is 17.8 Å². The molecule has 0 saturated heterocycles. The summed E-state index contributed by atoms with van der Waals surface area (Å²) in [6, 6.07) is 17.7. The molecule has 2 rings (SSSR count). The first-order valence-electron chi connectivity index (χ1n) is 8.45. The van der Waals surface area contributed by atoms with Gasteiger partial charge in [0.15, 0.2) is 0 Å². The lowest BCUT2D eigenvalue weighted by Gasteiger charge is -2.25. The van der Waals surface area contributed by atoms with Crippen LogP contribution in [0.1, 0.15) is 22.3 Å². The Hall–Kier alpha value is -2.64. The van der Waals surface area contributed by atoms with Crippen molar-refractivity contribution >= 4 is 5.91 Å². The average molecular weight is 335 g/mol. The molecule has 0 fully saturated rings. The molecule has 25 heavy (non-hydrogen) atoms. The molecule has 2 aromatic rings. The van der Waals surface area contributed by atoms with Crippen molar-refractivity contribution in [2.45, 2.75) is 19.9 Å². The van der Waals surface area contributed by atoms with Crippen LogP contribution in [0.2, 0.25) is 0 Å². The normalized spacial score (nSPS) is 10.5. The van der Waals surface area contributed by atoms with Gasteiger partial charge >= 0.3 is 0 Å². The molecule has 1 amide bonds. The van der Waals surface area contributed by atoms with E-state index in [2.05, 4.69) is 17.0 Å². The van der Waals surface area contributed by atoms with E-state index in [1.807, 2.05) is 62.3 Å². The van der Waals surface area contributed by atoms with Crippen LogP contribution in [0.4, 0.5) is 0 Å². The lowest BCUT2D eigenvalue weighted by atomic mass is 10.1. The summed E-state index contributed by atoms with van der Waals surface area (Å²) in [6.07, 6.45) is 0.396. The Balaban J connectivity index is 2.13. The van der Waals surface area contributed by atoms with Crippen molar-refractivity contribution in [3.8, 4) is 6.07 Å². The predicted octanol–water partition coefficient (Wildman–Crippen LogP) is 3.00. The number of rotatable bonds is 7. The topological polar surface area (TPSA) is 47.3 Å². The molecule has 0 aliphatic carbocycles. The van der Waals surface area contributed by atoms with Gasteiger partial charge in [-0.05, 0) is 44.3 Å². The molecule has 4 heteroatoms. The number of carbonyl (C=O) groups is 1. The number of aryl methyl sites for hydroxylation is 1. The maximum atomic E-state index is 12.8. The van der Waals surface area contributed by atoms with Crippen molar-refractivity contribution < 1.29 is 4.79 Å². The summed E-state index contributed by atoms with van der Waals surface area (Å²) >= 11 is 0. The zero-order valence-electron chi connectivity index (χ0n) is 15.2. The van der Waals surface area contributed by atoms with Crippen LogP contribution in [0, 0.1) is 18.3 Å². The summed E-state index contributed by atoms with van der Waals surface area (Å²) < 4.78 is 0. The summed E-state index contributed by atoms with van der Waals surface area (Å²) in [5.41, 5.74) is 3.80. The first kappa shape index (κ1) is 18.7. The van der Waals surface area contributed by atoms with Gasteiger partial charge in [0.25, 0.3) is 0 Å². The highest BCUT2D eigenvalue weighted by molar-refractivity contribution is 5.78. The van der Waals surface area contributed by atoms with Crippen molar-refractivity contribution in [3.05, 3.63) is 70.8 Å².